The highest BCUT2D eigenvalue weighted by molar-refractivity contribution is 7.89. The summed E-state index contributed by atoms with van der Waals surface area (Å²) in [5, 5.41) is 0. The lowest BCUT2D eigenvalue weighted by Gasteiger charge is -2.18. The lowest BCUT2D eigenvalue weighted by atomic mass is 10.1. The Bertz CT molecular complexity index is 532. The highest BCUT2D eigenvalue weighted by Gasteiger charge is 2.29. The van der Waals surface area contributed by atoms with Crippen molar-refractivity contribution in [2.75, 3.05) is 13.6 Å². The summed E-state index contributed by atoms with van der Waals surface area (Å²) >= 11 is 0. The van der Waals surface area contributed by atoms with Gasteiger partial charge in [0.05, 0.1) is 0 Å². The van der Waals surface area contributed by atoms with E-state index in [-0.39, 0.29) is 11.4 Å². The van der Waals surface area contributed by atoms with Crippen LogP contribution in [0.1, 0.15) is 37.4 Å². The van der Waals surface area contributed by atoms with Crippen molar-refractivity contribution in [1.29, 1.82) is 0 Å². The molecule has 0 aromatic carbocycles. The summed E-state index contributed by atoms with van der Waals surface area (Å²) in [7, 11) is -1.93. The second kappa shape index (κ2) is 6.07. The van der Waals surface area contributed by atoms with Crippen molar-refractivity contribution in [3.05, 3.63) is 17.1 Å². The Kier molecular flexibility index (Phi) is 5.18. The fraction of sp³-hybridized carbons (Fsp3) is 0.692. The molecule has 0 aliphatic heterocycles. The monoisotopic (exact) mass is 288 g/mol. The Labute approximate surface area is 115 Å². The van der Waals surface area contributed by atoms with Crippen LogP contribution in [0.2, 0.25) is 0 Å². The van der Waals surface area contributed by atoms with E-state index in [1.54, 1.807) is 20.9 Å². The van der Waals surface area contributed by atoms with Crippen LogP contribution in [0.15, 0.2) is 9.31 Å². The van der Waals surface area contributed by atoms with Crippen LogP contribution in [0.4, 0.5) is 0 Å². The molecule has 0 atom stereocenters. The number of furan rings is 1. The van der Waals surface area contributed by atoms with Gasteiger partial charge >= 0.3 is 0 Å². The van der Waals surface area contributed by atoms with Crippen molar-refractivity contribution in [3.63, 3.8) is 0 Å². The van der Waals surface area contributed by atoms with E-state index in [4.69, 9.17) is 10.2 Å². The Balaban J connectivity index is 3.13. The molecule has 0 saturated carbocycles. The number of aryl methyl sites for hydroxylation is 2. The van der Waals surface area contributed by atoms with Gasteiger partial charge in [0.15, 0.2) is 0 Å². The standard InChI is InChI=1S/C13H24N2O3S/c1-9(2)6-7-15(5)19(16,17)13-11(4)18-10(3)12(13)8-14/h9H,6-8,14H2,1-5H3. The number of nitrogens with zero attached hydrogens (tertiary/aromatic N) is 1. The molecular weight excluding hydrogens is 264 g/mol. The highest BCUT2D eigenvalue weighted by atomic mass is 32.2. The van der Waals surface area contributed by atoms with Crippen LogP contribution in [0, 0.1) is 19.8 Å². The maximum absolute atomic E-state index is 12.6. The lowest BCUT2D eigenvalue weighted by molar-refractivity contribution is 0.425. The van der Waals surface area contributed by atoms with Crippen LogP contribution in [-0.4, -0.2) is 26.3 Å². The van der Waals surface area contributed by atoms with Crippen LogP contribution < -0.4 is 5.73 Å². The molecule has 1 aromatic rings. The Morgan fingerprint density at radius 2 is 1.84 bits per heavy atom. The molecule has 1 aromatic heterocycles. The number of nitrogens with two attached hydrogens (primary N) is 1. The molecule has 0 saturated heterocycles. The molecule has 0 aliphatic carbocycles. The van der Waals surface area contributed by atoms with E-state index in [1.165, 1.54) is 4.31 Å². The van der Waals surface area contributed by atoms with Gasteiger partial charge in [0.25, 0.3) is 0 Å². The third-order valence-electron chi connectivity index (χ3n) is 3.22. The Morgan fingerprint density at radius 3 is 2.32 bits per heavy atom. The molecule has 1 rings (SSSR count). The van der Waals surface area contributed by atoms with Gasteiger partial charge in [-0.15, -0.1) is 0 Å². The SMILES string of the molecule is Cc1oc(C)c(S(=O)(=O)N(C)CCC(C)C)c1CN. The maximum Gasteiger partial charge on any atom is 0.246 e. The zero-order valence-electron chi connectivity index (χ0n) is 12.4. The first-order valence-corrected chi connectivity index (χ1v) is 7.91. The summed E-state index contributed by atoms with van der Waals surface area (Å²) in [6.45, 7) is 8.19. The number of hydrogen-bond donors (Lipinski definition) is 1. The third kappa shape index (κ3) is 3.38. The second-order valence-electron chi connectivity index (χ2n) is 5.24. The average Bonchev–Trinajstić information content (AvgIpc) is 2.60. The van der Waals surface area contributed by atoms with Crippen molar-refractivity contribution in [1.82, 2.24) is 4.31 Å². The summed E-state index contributed by atoms with van der Waals surface area (Å²) in [5.41, 5.74) is 6.22. The zero-order chi connectivity index (χ0) is 14.8. The number of hydrogen-bond acceptors (Lipinski definition) is 4. The van der Waals surface area contributed by atoms with E-state index in [9.17, 15) is 8.42 Å². The van der Waals surface area contributed by atoms with E-state index < -0.39 is 10.0 Å². The fourth-order valence-electron chi connectivity index (χ4n) is 2.00. The van der Waals surface area contributed by atoms with Gasteiger partial charge in [-0.3, -0.25) is 0 Å². The van der Waals surface area contributed by atoms with E-state index in [0.717, 1.165) is 6.42 Å². The quantitative estimate of drug-likeness (QED) is 0.869. The molecule has 19 heavy (non-hydrogen) atoms. The molecule has 0 spiro atoms. The van der Waals surface area contributed by atoms with Gasteiger partial charge in [0, 0.05) is 25.7 Å². The van der Waals surface area contributed by atoms with Gasteiger partial charge in [0.2, 0.25) is 10.0 Å². The molecule has 1 heterocycles. The van der Waals surface area contributed by atoms with Gasteiger partial charge in [-0.25, -0.2) is 12.7 Å². The minimum Gasteiger partial charge on any atom is -0.465 e. The summed E-state index contributed by atoms with van der Waals surface area (Å²) in [4.78, 5) is 0.235. The van der Waals surface area contributed by atoms with Crippen molar-refractivity contribution >= 4 is 10.0 Å². The summed E-state index contributed by atoms with van der Waals surface area (Å²) < 4.78 is 31.9. The first kappa shape index (κ1) is 16.2. The van der Waals surface area contributed by atoms with Crippen molar-refractivity contribution in [3.8, 4) is 0 Å². The topological polar surface area (TPSA) is 76.5 Å². The van der Waals surface area contributed by atoms with Crippen LogP contribution in [0.5, 0.6) is 0 Å². The van der Waals surface area contributed by atoms with Crippen LogP contribution in [-0.2, 0) is 16.6 Å². The minimum absolute atomic E-state index is 0.162. The predicted octanol–water partition coefficient (Wildman–Crippen LogP) is 2.02. The lowest BCUT2D eigenvalue weighted by Crippen LogP contribution is -2.29. The molecule has 0 radical (unpaired) electrons. The van der Waals surface area contributed by atoms with Gasteiger partial charge in [-0.05, 0) is 26.2 Å². The summed E-state index contributed by atoms with van der Waals surface area (Å²) in [6.07, 6.45) is 0.823. The maximum atomic E-state index is 12.6. The molecule has 0 fully saturated rings. The van der Waals surface area contributed by atoms with Gasteiger partial charge in [-0.2, -0.15) is 0 Å². The molecule has 0 bridgehead atoms. The van der Waals surface area contributed by atoms with E-state index in [2.05, 4.69) is 13.8 Å². The van der Waals surface area contributed by atoms with Crippen molar-refractivity contribution in [2.24, 2.45) is 11.7 Å². The molecular formula is C13H24N2O3S. The largest absolute Gasteiger partial charge is 0.465 e. The van der Waals surface area contributed by atoms with Crippen LogP contribution in [0.3, 0.4) is 0 Å². The fourth-order valence-corrected chi connectivity index (χ4v) is 3.60. The molecule has 6 heteroatoms. The second-order valence-corrected chi connectivity index (χ2v) is 7.22. The Hall–Kier alpha value is -0.850. The van der Waals surface area contributed by atoms with Crippen molar-refractivity contribution in [2.45, 2.75) is 45.6 Å². The van der Waals surface area contributed by atoms with E-state index in [0.29, 0.717) is 29.5 Å². The molecule has 110 valence electrons. The smallest absolute Gasteiger partial charge is 0.246 e. The zero-order valence-corrected chi connectivity index (χ0v) is 13.2. The summed E-state index contributed by atoms with van der Waals surface area (Å²) in [6, 6.07) is 0. The molecule has 0 unspecified atom stereocenters. The molecule has 5 nitrogen and oxygen atoms in total. The summed E-state index contributed by atoms with van der Waals surface area (Å²) in [5.74, 6) is 1.45. The highest BCUT2D eigenvalue weighted by Crippen LogP contribution is 2.28. The minimum atomic E-state index is -3.53. The van der Waals surface area contributed by atoms with Crippen LogP contribution >= 0.6 is 0 Å². The predicted molar refractivity (Wildman–Crippen MR) is 75.3 cm³/mol. The normalized spacial score (nSPS) is 12.6. The molecule has 2 N–H and O–H groups in total. The Morgan fingerprint density at radius 1 is 1.26 bits per heavy atom. The van der Waals surface area contributed by atoms with Gasteiger partial charge < -0.3 is 10.2 Å². The van der Waals surface area contributed by atoms with Gasteiger partial charge in [-0.1, -0.05) is 13.8 Å². The molecule has 0 aliphatic rings. The van der Waals surface area contributed by atoms with E-state index >= 15 is 0 Å². The van der Waals surface area contributed by atoms with Gasteiger partial charge in [0.1, 0.15) is 16.4 Å². The number of rotatable bonds is 6. The first-order chi connectivity index (χ1) is 8.71. The van der Waals surface area contributed by atoms with Crippen LogP contribution in [0.25, 0.3) is 0 Å². The third-order valence-corrected chi connectivity index (χ3v) is 5.27. The first-order valence-electron chi connectivity index (χ1n) is 6.47. The molecule has 0 amide bonds. The van der Waals surface area contributed by atoms with Crippen molar-refractivity contribution < 1.29 is 12.8 Å². The van der Waals surface area contributed by atoms with E-state index in [1.807, 2.05) is 0 Å². The average molecular weight is 288 g/mol. The number of sulfonamides is 1.